The molecule has 0 saturated heterocycles. The average Bonchev–Trinajstić information content (AvgIpc) is 3.33. The Morgan fingerprint density at radius 1 is 1.00 bits per heavy atom. The first kappa shape index (κ1) is 14.8. The van der Waals surface area contributed by atoms with E-state index in [1.807, 2.05) is 0 Å². The highest BCUT2D eigenvalue weighted by atomic mass is 32.1. The lowest BCUT2D eigenvalue weighted by Gasteiger charge is -2.55. The Balaban J connectivity index is 1.35. The fourth-order valence-corrected chi connectivity index (χ4v) is 7.44. The van der Waals surface area contributed by atoms with Gasteiger partial charge in [0.2, 0.25) is 4.96 Å². The summed E-state index contributed by atoms with van der Waals surface area (Å²) < 4.78 is 2.07. The van der Waals surface area contributed by atoms with E-state index >= 15 is 0 Å². The van der Waals surface area contributed by atoms with Gasteiger partial charge in [0.15, 0.2) is 10.8 Å². The minimum Gasteiger partial charge on any atom is -0.353 e. The first-order chi connectivity index (χ1) is 13.3. The Hall–Kier alpha value is -2.21. The first-order valence-electron chi connectivity index (χ1n) is 10.1. The van der Waals surface area contributed by atoms with Gasteiger partial charge in [-0.1, -0.05) is 29.5 Å². The maximum absolute atomic E-state index is 4.97. The molecular weight excluding hydrogens is 354 g/mol. The summed E-state index contributed by atoms with van der Waals surface area (Å²) in [6, 6.07) is 10.6. The van der Waals surface area contributed by atoms with E-state index in [4.69, 9.17) is 5.10 Å². The van der Waals surface area contributed by atoms with E-state index in [1.54, 1.807) is 11.3 Å². The van der Waals surface area contributed by atoms with Crippen molar-refractivity contribution in [1.29, 1.82) is 0 Å². The fourth-order valence-electron chi connectivity index (χ4n) is 6.63. The number of nitrogens with zero attached hydrogens (tertiary/aromatic N) is 4. The van der Waals surface area contributed by atoms with Crippen LogP contribution in [0.3, 0.4) is 0 Å². The Bertz CT molecular complexity index is 1110. The molecule has 4 fully saturated rings. The van der Waals surface area contributed by atoms with Crippen molar-refractivity contribution in [2.24, 2.45) is 17.8 Å². The van der Waals surface area contributed by atoms with Crippen LogP contribution in [-0.2, 0) is 5.41 Å². The summed E-state index contributed by atoms with van der Waals surface area (Å²) in [5.74, 6) is 3.83. The van der Waals surface area contributed by atoms with E-state index in [9.17, 15) is 0 Å². The summed E-state index contributed by atoms with van der Waals surface area (Å²) in [5.41, 5.74) is 2.45. The van der Waals surface area contributed by atoms with Crippen molar-refractivity contribution in [2.75, 3.05) is 0 Å². The van der Waals surface area contributed by atoms with Crippen LogP contribution in [0.1, 0.15) is 44.3 Å². The van der Waals surface area contributed by atoms with Crippen LogP contribution in [0.4, 0.5) is 0 Å². The smallest absolute Gasteiger partial charge is 0.235 e. The SMILES string of the molecule is c1ccc2[nH]c(-c3nn4c(C56CC7CC(CC(C7)C5)C6)nnc4s3)cc2c1. The molecule has 6 heteroatoms. The van der Waals surface area contributed by atoms with Crippen molar-refractivity contribution >= 4 is 27.2 Å². The van der Waals surface area contributed by atoms with Gasteiger partial charge < -0.3 is 4.98 Å². The molecule has 27 heavy (non-hydrogen) atoms. The second-order valence-electron chi connectivity index (χ2n) is 9.09. The number of aromatic nitrogens is 5. The van der Waals surface area contributed by atoms with Crippen LogP contribution in [0, 0.1) is 17.8 Å². The molecule has 8 rings (SSSR count). The second kappa shape index (κ2) is 4.98. The lowest BCUT2D eigenvalue weighted by molar-refractivity contribution is -0.0103. The maximum Gasteiger partial charge on any atom is 0.235 e. The first-order valence-corrected chi connectivity index (χ1v) is 10.9. The van der Waals surface area contributed by atoms with Crippen molar-refractivity contribution in [3.05, 3.63) is 36.2 Å². The molecule has 0 radical (unpaired) electrons. The van der Waals surface area contributed by atoms with Gasteiger partial charge in [-0.05, 0) is 68.4 Å². The van der Waals surface area contributed by atoms with Crippen molar-refractivity contribution in [2.45, 2.75) is 43.9 Å². The third kappa shape index (κ3) is 2.02. The maximum atomic E-state index is 4.97. The molecule has 136 valence electrons. The van der Waals surface area contributed by atoms with Gasteiger partial charge in [-0.2, -0.15) is 9.61 Å². The molecule has 5 nitrogen and oxygen atoms in total. The van der Waals surface area contributed by atoms with E-state index in [0.717, 1.165) is 44.8 Å². The lowest BCUT2D eigenvalue weighted by atomic mass is 9.49. The Morgan fingerprint density at radius 3 is 2.48 bits per heavy atom. The van der Waals surface area contributed by atoms with Gasteiger partial charge in [0.1, 0.15) is 0 Å². The minimum atomic E-state index is 0.222. The van der Waals surface area contributed by atoms with E-state index in [2.05, 4.69) is 50.0 Å². The standard InChI is InChI=1S/C21H21N5S/c1-2-4-16-15(3-1)8-17(22-16)18-25-26-19(23-24-20(26)27-18)21-9-12-5-13(10-21)7-14(6-12)11-21/h1-4,8,12-14,22H,5-7,9-11H2. The molecular formula is C21H21N5S. The molecule has 3 heterocycles. The van der Waals surface area contributed by atoms with Gasteiger partial charge in [-0.25, -0.2) is 0 Å². The molecule has 1 N–H and O–H groups in total. The molecule has 0 spiro atoms. The molecule has 0 amide bonds. The molecule has 4 bridgehead atoms. The fraction of sp³-hybridized carbons (Fsp3) is 0.476. The Kier molecular flexibility index (Phi) is 2.73. The van der Waals surface area contributed by atoms with Gasteiger partial charge in [-0.3, -0.25) is 0 Å². The van der Waals surface area contributed by atoms with E-state index < -0.39 is 0 Å². The topological polar surface area (TPSA) is 58.9 Å². The highest BCUT2D eigenvalue weighted by Gasteiger charge is 2.54. The molecule has 4 aromatic rings. The zero-order valence-corrected chi connectivity index (χ0v) is 15.9. The van der Waals surface area contributed by atoms with Gasteiger partial charge in [0.25, 0.3) is 0 Å². The zero-order chi connectivity index (χ0) is 17.6. The average molecular weight is 376 g/mol. The Morgan fingerprint density at radius 2 is 1.74 bits per heavy atom. The second-order valence-corrected chi connectivity index (χ2v) is 10.0. The van der Waals surface area contributed by atoms with Crippen LogP contribution in [0.15, 0.2) is 30.3 Å². The number of benzene rings is 1. The molecule has 0 atom stereocenters. The number of hydrogen-bond acceptors (Lipinski definition) is 4. The summed E-state index contributed by atoms with van der Waals surface area (Å²) in [4.78, 5) is 4.43. The summed E-state index contributed by atoms with van der Waals surface area (Å²) >= 11 is 1.64. The van der Waals surface area contributed by atoms with Crippen molar-refractivity contribution in [3.8, 4) is 10.7 Å². The minimum absolute atomic E-state index is 0.222. The predicted molar refractivity (Wildman–Crippen MR) is 106 cm³/mol. The van der Waals surface area contributed by atoms with Crippen LogP contribution in [0.25, 0.3) is 26.6 Å². The number of H-pyrrole nitrogens is 1. The van der Waals surface area contributed by atoms with Crippen LogP contribution in [-0.4, -0.2) is 24.8 Å². The third-order valence-corrected chi connectivity index (χ3v) is 8.20. The lowest BCUT2D eigenvalue weighted by Crippen LogP contribution is -2.49. The van der Waals surface area contributed by atoms with Gasteiger partial charge in [0.05, 0.1) is 5.69 Å². The van der Waals surface area contributed by atoms with Crippen LogP contribution in [0.5, 0.6) is 0 Å². The van der Waals surface area contributed by atoms with Crippen LogP contribution >= 0.6 is 11.3 Å². The number of para-hydroxylation sites is 1. The molecule has 0 unspecified atom stereocenters. The summed E-state index contributed by atoms with van der Waals surface area (Å²) in [6.07, 6.45) is 8.20. The molecule has 4 saturated carbocycles. The monoisotopic (exact) mass is 375 g/mol. The highest BCUT2D eigenvalue weighted by molar-refractivity contribution is 7.19. The van der Waals surface area contributed by atoms with Gasteiger partial charge >= 0.3 is 0 Å². The summed E-state index contributed by atoms with van der Waals surface area (Å²) in [6.45, 7) is 0. The molecule has 4 aliphatic rings. The van der Waals surface area contributed by atoms with Crippen LogP contribution < -0.4 is 0 Å². The van der Waals surface area contributed by atoms with Crippen molar-refractivity contribution < 1.29 is 0 Å². The zero-order valence-electron chi connectivity index (χ0n) is 15.1. The predicted octanol–water partition coefficient (Wildman–Crippen LogP) is 4.80. The van der Waals surface area contributed by atoms with Crippen molar-refractivity contribution in [1.82, 2.24) is 24.8 Å². The van der Waals surface area contributed by atoms with E-state index in [1.165, 1.54) is 43.9 Å². The summed E-state index contributed by atoms with van der Waals surface area (Å²) in [5, 5.41) is 16.4. The van der Waals surface area contributed by atoms with Gasteiger partial charge in [-0.15, -0.1) is 10.2 Å². The molecule has 4 aliphatic carbocycles. The molecule has 3 aromatic heterocycles. The number of hydrogen-bond donors (Lipinski definition) is 1. The van der Waals surface area contributed by atoms with E-state index in [0.29, 0.717) is 0 Å². The number of rotatable bonds is 2. The van der Waals surface area contributed by atoms with Crippen LogP contribution in [0.2, 0.25) is 0 Å². The largest absolute Gasteiger partial charge is 0.353 e. The van der Waals surface area contributed by atoms with Crippen molar-refractivity contribution in [3.63, 3.8) is 0 Å². The number of aromatic amines is 1. The summed E-state index contributed by atoms with van der Waals surface area (Å²) in [7, 11) is 0. The quantitative estimate of drug-likeness (QED) is 0.547. The Labute approximate surface area is 160 Å². The van der Waals surface area contributed by atoms with E-state index in [-0.39, 0.29) is 5.41 Å². The number of fused-ring (bicyclic) bond motifs is 2. The molecule has 1 aromatic carbocycles. The normalized spacial score (nSPS) is 32.1. The highest BCUT2D eigenvalue weighted by Crippen LogP contribution is 2.60. The third-order valence-electron chi connectivity index (χ3n) is 7.26. The van der Waals surface area contributed by atoms with Gasteiger partial charge in [0, 0.05) is 16.3 Å². The number of nitrogens with one attached hydrogen (secondary N) is 1. The molecule has 0 aliphatic heterocycles.